The minimum Gasteiger partial charge on any atom is -0.314 e. The van der Waals surface area contributed by atoms with Crippen LogP contribution >= 0.6 is 15.9 Å². The lowest BCUT2D eigenvalue weighted by atomic mass is 9.85. The molecule has 1 aromatic carbocycles. The van der Waals surface area contributed by atoms with Crippen molar-refractivity contribution >= 4 is 15.9 Å². The van der Waals surface area contributed by atoms with Gasteiger partial charge in [-0.25, -0.2) is 8.78 Å². The van der Waals surface area contributed by atoms with Crippen LogP contribution in [0.25, 0.3) is 0 Å². The van der Waals surface area contributed by atoms with Crippen molar-refractivity contribution in [2.45, 2.75) is 51.0 Å². The van der Waals surface area contributed by atoms with Crippen LogP contribution in [-0.2, 0) is 6.42 Å². The van der Waals surface area contributed by atoms with E-state index < -0.39 is 11.6 Å². The molecular weight excluding hydrogens is 336 g/mol. The van der Waals surface area contributed by atoms with E-state index in [0.29, 0.717) is 28.8 Å². The standard InChI is InChI=1S/C17H22BrF2N/c18-15-7-8-16(19)14(17(15)20)9-12(10-21-13-5-6-13)11-3-1-2-4-11/h7-8,11-13,21H,1-6,9-10H2. The molecule has 0 aromatic heterocycles. The van der Waals surface area contributed by atoms with Gasteiger partial charge >= 0.3 is 0 Å². The summed E-state index contributed by atoms with van der Waals surface area (Å²) in [7, 11) is 0. The number of rotatable bonds is 6. The van der Waals surface area contributed by atoms with Crippen molar-refractivity contribution in [3.8, 4) is 0 Å². The second kappa shape index (κ2) is 6.74. The average Bonchev–Trinajstić information content (AvgIpc) is 3.14. The molecule has 2 saturated carbocycles. The van der Waals surface area contributed by atoms with E-state index in [1.807, 2.05) is 0 Å². The molecule has 0 radical (unpaired) electrons. The van der Waals surface area contributed by atoms with Crippen molar-refractivity contribution in [1.82, 2.24) is 5.32 Å². The fourth-order valence-corrected chi connectivity index (χ4v) is 3.83. The second-order valence-corrected chi connectivity index (χ2v) is 7.37. The first-order valence-corrected chi connectivity index (χ1v) is 8.80. The third-order valence-electron chi connectivity index (χ3n) is 4.92. The molecule has 4 heteroatoms. The zero-order chi connectivity index (χ0) is 14.8. The molecule has 0 bridgehead atoms. The molecule has 21 heavy (non-hydrogen) atoms. The van der Waals surface area contributed by atoms with Gasteiger partial charge in [-0.15, -0.1) is 0 Å². The van der Waals surface area contributed by atoms with E-state index in [-0.39, 0.29) is 5.56 Å². The minimum absolute atomic E-state index is 0.249. The van der Waals surface area contributed by atoms with Gasteiger partial charge in [0.15, 0.2) is 0 Å². The Hall–Kier alpha value is -0.480. The summed E-state index contributed by atoms with van der Waals surface area (Å²) in [5.41, 5.74) is 0.249. The van der Waals surface area contributed by atoms with Crippen LogP contribution in [0.3, 0.4) is 0 Å². The minimum atomic E-state index is -0.426. The lowest BCUT2D eigenvalue weighted by Gasteiger charge is -2.24. The van der Waals surface area contributed by atoms with Crippen LogP contribution in [0.2, 0.25) is 0 Å². The maximum absolute atomic E-state index is 14.2. The maximum Gasteiger partial charge on any atom is 0.143 e. The van der Waals surface area contributed by atoms with E-state index in [9.17, 15) is 8.78 Å². The molecule has 1 nitrogen and oxygen atoms in total. The van der Waals surface area contributed by atoms with Gasteiger partial charge in [0.05, 0.1) is 4.47 Å². The summed E-state index contributed by atoms with van der Waals surface area (Å²) in [6.07, 6.45) is 7.92. The Bertz CT molecular complexity index is 496. The number of nitrogens with one attached hydrogen (secondary N) is 1. The Balaban J connectivity index is 1.74. The van der Waals surface area contributed by atoms with Crippen LogP contribution in [-0.4, -0.2) is 12.6 Å². The maximum atomic E-state index is 14.2. The van der Waals surface area contributed by atoms with Crippen LogP contribution in [0.4, 0.5) is 8.78 Å². The van der Waals surface area contributed by atoms with E-state index in [1.165, 1.54) is 50.7 Å². The largest absolute Gasteiger partial charge is 0.314 e. The Morgan fingerprint density at radius 1 is 1.14 bits per heavy atom. The van der Waals surface area contributed by atoms with Crippen LogP contribution < -0.4 is 5.32 Å². The number of benzene rings is 1. The van der Waals surface area contributed by atoms with Gasteiger partial charge in [0.25, 0.3) is 0 Å². The van der Waals surface area contributed by atoms with Crippen molar-refractivity contribution in [2.75, 3.05) is 6.54 Å². The fraction of sp³-hybridized carbons (Fsp3) is 0.647. The van der Waals surface area contributed by atoms with Gasteiger partial charge in [0.1, 0.15) is 11.6 Å². The van der Waals surface area contributed by atoms with Crippen molar-refractivity contribution in [3.63, 3.8) is 0 Å². The Kier molecular flexibility index (Phi) is 4.95. The Labute approximate surface area is 133 Å². The Morgan fingerprint density at radius 2 is 1.86 bits per heavy atom. The molecular formula is C17H22BrF2N. The SMILES string of the molecule is Fc1ccc(Br)c(F)c1CC(CNC1CC1)C1CCCC1. The van der Waals surface area contributed by atoms with Gasteiger partial charge in [-0.05, 0) is 65.7 Å². The topological polar surface area (TPSA) is 12.0 Å². The fourth-order valence-electron chi connectivity index (χ4n) is 3.46. The highest BCUT2D eigenvalue weighted by atomic mass is 79.9. The van der Waals surface area contributed by atoms with E-state index in [4.69, 9.17) is 0 Å². The summed E-state index contributed by atoms with van der Waals surface area (Å²) in [6.45, 7) is 0.890. The zero-order valence-corrected chi connectivity index (χ0v) is 13.8. The average molecular weight is 358 g/mol. The predicted molar refractivity (Wildman–Crippen MR) is 84.2 cm³/mol. The number of hydrogen-bond donors (Lipinski definition) is 1. The van der Waals surface area contributed by atoms with Gasteiger partial charge < -0.3 is 5.32 Å². The Morgan fingerprint density at radius 3 is 2.52 bits per heavy atom. The van der Waals surface area contributed by atoms with Crippen LogP contribution in [0.15, 0.2) is 16.6 Å². The lowest BCUT2D eigenvalue weighted by Crippen LogP contribution is -2.30. The summed E-state index contributed by atoms with van der Waals surface area (Å²) in [4.78, 5) is 0. The molecule has 3 rings (SSSR count). The highest BCUT2D eigenvalue weighted by molar-refractivity contribution is 9.10. The molecule has 0 aliphatic heterocycles. The third kappa shape index (κ3) is 3.84. The summed E-state index contributed by atoms with van der Waals surface area (Å²) < 4.78 is 28.6. The lowest BCUT2D eigenvalue weighted by molar-refractivity contribution is 0.313. The normalized spacial score (nSPS) is 20.9. The first-order chi connectivity index (χ1) is 10.1. The molecule has 2 aliphatic carbocycles. The van der Waals surface area contributed by atoms with E-state index in [0.717, 1.165) is 6.54 Å². The molecule has 0 saturated heterocycles. The van der Waals surface area contributed by atoms with E-state index in [1.54, 1.807) is 0 Å². The second-order valence-electron chi connectivity index (χ2n) is 6.51. The number of halogens is 3. The highest BCUT2D eigenvalue weighted by Gasteiger charge is 2.29. The van der Waals surface area contributed by atoms with Gasteiger partial charge in [-0.2, -0.15) is 0 Å². The third-order valence-corrected chi connectivity index (χ3v) is 5.53. The summed E-state index contributed by atoms with van der Waals surface area (Å²) in [5, 5.41) is 3.55. The number of hydrogen-bond acceptors (Lipinski definition) is 1. The van der Waals surface area contributed by atoms with Gasteiger partial charge in [-0.3, -0.25) is 0 Å². The zero-order valence-electron chi connectivity index (χ0n) is 12.2. The van der Waals surface area contributed by atoms with E-state index in [2.05, 4.69) is 21.2 Å². The van der Waals surface area contributed by atoms with Gasteiger partial charge in [-0.1, -0.05) is 25.7 Å². The van der Waals surface area contributed by atoms with Crippen LogP contribution in [0.1, 0.15) is 44.1 Å². The first-order valence-electron chi connectivity index (χ1n) is 8.01. The smallest absolute Gasteiger partial charge is 0.143 e. The molecule has 0 heterocycles. The molecule has 1 atom stereocenters. The van der Waals surface area contributed by atoms with Crippen molar-refractivity contribution in [1.29, 1.82) is 0 Å². The first kappa shape index (κ1) is 15.4. The summed E-state index contributed by atoms with van der Waals surface area (Å²) in [5.74, 6) is 0.106. The monoisotopic (exact) mass is 357 g/mol. The molecule has 0 amide bonds. The predicted octanol–water partition coefficient (Wildman–Crippen LogP) is 4.83. The van der Waals surface area contributed by atoms with E-state index >= 15 is 0 Å². The van der Waals surface area contributed by atoms with Gasteiger partial charge in [0.2, 0.25) is 0 Å². The molecule has 1 N–H and O–H groups in total. The van der Waals surface area contributed by atoms with Crippen LogP contribution in [0, 0.1) is 23.5 Å². The van der Waals surface area contributed by atoms with Crippen molar-refractivity contribution < 1.29 is 8.78 Å². The molecule has 116 valence electrons. The summed E-state index contributed by atoms with van der Waals surface area (Å²) >= 11 is 3.17. The van der Waals surface area contributed by atoms with Crippen molar-refractivity contribution in [3.05, 3.63) is 33.8 Å². The summed E-state index contributed by atoms with van der Waals surface area (Å²) in [6, 6.07) is 3.45. The molecule has 2 aliphatic rings. The van der Waals surface area contributed by atoms with Crippen LogP contribution in [0.5, 0.6) is 0 Å². The van der Waals surface area contributed by atoms with Gasteiger partial charge in [0, 0.05) is 11.6 Å². The van der Waals surface area contributed by atoms with Crippen molar-refractivity contribution in [2.24, 2.45) is 11.8 Å². The molecule has 1 unspecified atom stereocenters. The quantitative estimate of drug-likeness (QED) is 0.719. The highest BCUT2D eigenvalue weighted by Crippen LogP contribution is 2.35. The molecule has 2 fully saturated rings. The molecule has 0 spiro atoms. The molecule has 1 aromatic rings.